The maximum absolute atomic E-state index is 12.9. The summed E-state index contributed by atoms with van der Waals surface area (Å²) in [4.78, 5) is 17.7. The summed E-state index contributed by atoms with van der Waals surface area (Å²) in [6.07, 6.45) is 5.27. The van der Waals surface area contributed by atoms with E-state index in [1.54, 1.807) is 16.3 Å². The summed E-state index contributed by atoms with van der Waals surface area (Å²) in [5, 5.41) is 5.67. The van der Waals surface area contributed by atoms with Gasteiger partial charge in [0.05, 0.1) is 16.6 Å². The Morgan fingerprint density at radius 3 is 3.00 bits per heavy atom. The molecule has 136 valence electrons. The lowest BCUT2D eigenvalue weighted by atomic mass is 9.97. The number of aromatic nitrogens is 3. The van der Waals surface area contributed by atoms with Crippen molar-refractivity contribution in [2.75, 3.05) is 0 Å². The summed E-state index contributed by atoms with van der Waals surface area (Å²) in [6.45, 7) is 2.73. The highest BCUT2D eigenvalue weighted by molar-refractivity contribution is 9.10. The Labute approximate surface area is 164 Å². The van der Waals surface area contributed by atoms with Crippen LogP contribution in [0.15, 0.2) is 37.1 Å². The van der Waals surface area contributed by atoms with E-state index in [2.05, 4.69) is 28.0 Å². The maximum Gasteiger partial charge on any atom is 0.262 e. The van der Waals surface area contributed by atoms with E-state index in [0.717, 1.165) is 45.9 Å². The first kappa shape index (κ1) is 17.8. The van der Waals surface area contributed by atoms with Crippen LogP contribution in [0.4, 0.5) is 0 Å². The van der Waals surface area contributed by atoms with E-state index in [-0.39, 0.29) is 5.56 Å². The Kier molecular flexibility index (Phi) is 5.18. The van der Waals surface area contributed by atoms with Crippen molar-refractivity contribution in [2.45, 2.75) is 56.5 Å². The zero-order chi connectivity index (χ0) is 18.1. The molecule has 4 rings (SSSR count). The molecule has 0 aliphatic heterocycles. The quantitative estimate of drug-likeness (QED) is 0.429. The molecule has 3 aromatic rings. The van der Waals surface area contributed by atoms with Gasteiger partial charge in [-0.1, -0.05) is 39.8 Å². The number of benzene rings is 1. The van der Waals surface area contributed by atoms with Crippen LogP contribution in [0.2, 0.25) is 0 Å². The summed E-state index contributed by atoms with van der Waals surface area (Å²) < 4.78 is 8.18. The van der Waals surface area contributed by atoms with Crippen LogP contribution in [-0.4, -0.2) is 14.7 Å². The molecule has 2 aromatic heterocycles. The van der Waals surface area contributed by atoms with Crippen LogP contribution in [0.1, 0.15) is 43.2 Å². The molecule has 0 saturated heterocycles. The van der Waals surface area contributed by atoms with Gasteiger partial charge in [0.15, 0.2) is 5.16 Å². The zero-order valence-electron chi connectivity index (χ0n) is 14.6. The van der Waals surface area contributed by atoms with Gasteiger partial charge in [-0.15, -0.1) is 0 Å². The van der Waals surface area contributed by atoms with Crippen molar-refractivity contribution in [1.82, 2.24) is 14.7 Å². The fourth-order valence-corrected chi connectivity index (χ4v) is 4.75. The first-order valence-corrected chi connectivity index (χ1v) is 10.7. The summed E-state index contributed by atoms with van der Waals surface area (Å²) in [7, 11) is 0. The monoisotopic (exact) mass is 433 g/mol. The van der Waals surface area contributed by atoms with Crippen molar-refractivity contribution in [3.63, 3.8) is 0 Å². The zero-order valence-corrected chi connectivity index (χ0v) is 17.0. The Bertz CT molecular complexity index is 1010. The minimum Gasteiger partial charge on any atom is -0.361 e. The topological polar surface area (TPSA) is 60.9 Å². The van der Waals surface area contributed by atoms with Gasteiger partial charge >= 0.3 is 0 Å². The predicted octanol–water partition coefficient (Wildman–Crippen LogP) is 4.73. The summed E-state index contributed by atoms with van der Waals surface area (Å²) in [6, 6.07) is 5.65. The van der Waals surface area contributed by atoms with Gasteiger partial charge in [0.1, 0.15) is 5.76 Å². The molecule has 7 heteroatoms. The Balaban J connectivity index is 1.69. The van der Waals surface area contributed by atoms with E-state index in [1.807, 2.05) is 18.2 Å². The lowest BCUT2D eigenvalue weighted by Crippen LogP contribution is -2.23. The molecule has 1 aromatic carbocycles. The second kappa shape index (κ2) is 7.56. The number of aryl methyl sites for hydroxylation is 1. The van der Waals surface area contributed by atoms with Gasteiger partial charge in [0.25, 0.3) is 5.56 Å². The molecule has 26 heavy (non-hydrogen) atoms. The number of halogens is 1. The van der Waals surface area contributed by atoms with Crippen LogP contribution in [-0.2, 0) is 25.1 Å². The number of hydrogen-bond donors (Lipinski definition) is 0. The smallest absolute Gasteiger partial charge is 0.262 e. The van der Waals surface area contributed by atoms with E-state index < -0.39 is 0 Å². The molecule has 5 nitrogen and oxygen atoms in total. The molecule has 0 amide bonds. The second-order valence-corrected chi connectivity index (χ2v) is 8.40. The molecule has 2 heterocycles. The molecular weight excluding hydrogens is 414 g/mol. The Morgan fingerprint density at radius 1 is 1.31 bits per heavy atom. The molecule has 0 atom stereocenters. The van der Waals surface area contributed by atoms with Gasteiger partial charge in [-0.25, -0.2) is 4.98 Å². The fourth-order valence-electron chi connectivity index (χ4n) is 3.40. The Morgan fingerprint density at radius 2 is 2.15 bits per heavy atom. The van der Waals surface area contributed by atoms with E-state index in [4.69, 9.17) is 9.51 Å². The van der Waals surface area contributed by atoms with Gasteiger partial charge < -0.3 is 4.52 Å². The lowest BCUT2D eigenvalue weighted by Gasteiger charge is -2.13. The summed E-state index contributed by atoms with van der Waals surface area (Å²) in [5.41, 5.74) is 3.01. The van der Waals surface area contributed by atoms with Gasteiger partial charge in [-0.2, -0.15) is 0 Å². The number of hydrogen-bond acceptors (Lipinski definition) is 5. The number of rotatable bonds is 5. The standard InChI is InChI=1S/C19H20BrN3O2S/c1-2-9-23-18(24)14-10-12(20)7-8-15(14)21-19(23)26-11-16-13-5-3-4-6-17(13)25-22-16/h7-8,10H,2-6,9,11H2,1H3. The second-order valence-electron chi connectivity index (χ2n) is 6.54. The highest BCUT2D eigenvalue weighted by Gasteiger charge is 2.20. The number of thioether (sulfide) groups is 1. The molecule has 1 aliphatic carbocycles. The third-order valence-electron chi connectivity index (χ3n) is 4.70. The third-order valence-corrected chi connectivity index (χ3v) is 6.18. The van der Waals surface area contributed by atoms with Crippen molar-refractivity contribution in [3.05, 3.63) is 50.0 Å². The average Bonchev–Trinajstić information content (AvgIpc) is 3.06. The number of fused-ring (bicyclic) bond motifs is 2. The van der Waals surface area contributed by atoms with Crippen molar-refractivity contribution >= 4 is 38.6 Å². The van der Waals surface area contributed by atoms with Crippen molar-refractivity contribution in [3.8, 4) is 0 Å². The third kappa shape index (κ3) is 3.34. The van der Waals surface area contributed by atoms with Gasteiger partial charge in [0, 0.05) is 28.8 Å². The predicted molar refractivity (Wildman–Crippen MR) is 107 cm³/mol. The first-order valence-electron chi connectivity index (χ1n) is 8.96. The van der Waals surface area contributed by atoms with E-state index >= 15 is 0 Å². The van der Waals surface area contributed by atoms with Crippen LogP contribution < -0.4 is 5.56 Å². The minimum atomic E-state index is 0.0165. The van der Waals surface area contributed by atoms with Gasteiger partial charge in [0.2, 0.25) is 0 Å². The van der Waals surface area contributed by atoms with E-state index in [9.17, 15) is 4.79 Å². The van der Waals surface area contributed by atoms with Crippen LogP contribution in [0.5, 0.6) is 0 Å². The van der Waals surface area contributed by atoms with Crippen LogP contribution >= 0.6 is 27.7 Å². The van der Waals surface area contributed by atoms with Crippen LogP contribution in [0, 0.1) is 0 Å². The van der Waals surface area contributed by atoms with Crippen molar-refractivity contribution in [2.24, 2.45) is 0 Å². The maximum atomic E-state index is 12.9. The number of nitrogens with zero attached hydrogens (tertiary/aromatic N) is 3. The normalized spacial score (nSPS) is 13.9. The highest BCUT2D eigenvalue weighted by Crippen LogP contribution is 2.29. The summed E-state index contributed by atoms with van der Waals surface area (Å²) >= 11 is 5.01. The largest absolute Gasteiger partial charge is 0.361 e. The lowest BCUT2D eigenvalue weighted by molar-refractivity contribution is 0.369. The van der Waals surface area contributed by atoms with E-state index in [1.165, 1.54) is 18.4 Å². The van der Waals surface area contributed by atoms with Crippen LogP contribution in [0.25, 0.3) is 10.9 Å². The molecule has 0 saturated carbocycles. The highest BCUT2D eigenvalue weighted by atomic mass is 79.9. The van der Waals surface area contributed by atoms with Gasteiger partial charge in [-0.3, -0.25) is 9.36 Å². The average molecular weight is 434 g/mol. The molecule has 1 aliphatic rings. The van der Waals surface area contributed by atoms with Crippen molar-refractivity contribution in [1.29, 1.82) is 0 Å². The minimum absolute atomic E-state index is 0.0165. The molecule has 0 unspecified atom stereocenters. The molecule has 0 fully saturated rings. The van der Waals surface area contributed by atoms with Crippen LogP contribution in [0.3, 0.4) is 0 Å². The molecular formula is C19H20BrN3O2S. The van der Waals surface area contributed by atoms with Crippen molar-refractivity contribution < 1.29 is 4.52 Å². The summed E-state index contributed by atoms with van der Waals surface area (Å²) in [5.74, 6) is 1.71. The molecule has 0 radical (unpaired) electrons. The molecule has 0 bridgehead atoms. The molecule has 0 spiro atoms. The Hall–Kier alpha value is -1.60. The van der Waals surface area contributed by atoms with E-state index in [0.29, 0.717) is 17.7 Å². The fraction of sp³-hybridized carbons (Fsp3) is 0.421. The molecule has 0 N–H and O–H groups in total. The first-order chi connectivity index (χ1) is 12.7. The SMILES string of the molecule is CCCn1c(SCc2noc3c2CCCC3)nc2ccc(Br)cc2c1=O. The van der Waals surface area contributed by atoms with Gasteiger partial charge in [-0.05, 0) is 43.9 Å².